The maximum absolute atomic E-state index is 12.5. The van der Waals surface area contributed by atoms with Crippen LogP contribution >= 0.6 is 11.8 Å². The SMILES string of the molecule is CCn1c(COc2cc(C)ccc2C)nnc1SCC(=O)Nc1ccc2ccccc2c1. The predicted octanol–water partition coefficient (Wildman–Crippen LogP) is 5.38. The van der Waals surface area contributed by atoms with Gasteiger partial charge >= 0.3 is 0 Å². The molecule has 1 N–H and O–H groups in total. The van der Waals surface area contributed by atoms with Gasteiger partial charge in [0.05, 0.1) is 5.75 Å². The topological polar surface area (TPSA) is 69.0 Å². The second kappa shape index (κ2) is 9.87. The lowest BCUT2D eigenvalue weighted by Crippen LogP contribution is -2.15. The lowest BCUT2D eigenvalue weighted by Gasteiger charge is -2.11. The number of carbonyl (C=O) groups excluding carboxylic acids is 1. The van der Waals surface area contributed by atoms with E-state index in [2.05, 4.69) is 27.6 Å². The van der Waals surface area contributed by atoms with Gasteiger partial charge in [0.1, 0.15) is 12.4 Å². The number of thioether (sulfide) groups is 1. The first-order valence-electron chi connectivity index (χ1n) is 10.6. The Labute approximate surface area is 192 Å². The first-order chi connectivity index (χ1) is 15.5. The smallest absolute Gasteiger partial charge is 0.234 e. The maximum Gasteiger partial charge on any atom is 0.234 e. The second-order valence-electron chi connectivity index (χ2n) is 7.60. The monoisotopic (exact) mass is 446 g/mol. The Kier molecular flexibility index (Phi) is 6.75. The predicted molar refractivity (Wildman–Crippen MR) is 129 cm³/mol. The molecule has 0 aliphatic heterocycles. The Morgan fingerprint density at radius 3 is 2.66 bits per heavy atom. The number of fused-ring (bicyclic) bond motifs is 1. The zero-order chi connectivity index (χ0) is 22.5. The van der Waals surface area contributed by atoms with E-state index in [1.807, 2.05) is 73.9 Å². The molecule has 3 aromatic carbocycles. The Balaban J connectivity index is 1.37. The molecular formula is C25H26N4O2S. The Morgan fingerprint density at radius 2 is 1.84 bits per heavy atom. The van der Waals surface area contributed by atoms with E-state index in [9.17, 15) is 4.79 Å². The molecule has 0 fully saturated rings. The number of carbonyl (C=O) groups is 1. The molecule has 1 aromatic heterocycles. The van der Waals surface area contributed by atoms with Gasteiger partial charge in [-0.15, -0.1) is 10.2 Å². The van der Waals surface area contributed by atoms with Crippen molar-refractivity contribution in [2.24, 2.45) is 0 Å². The number of benzene rings is 3. The largest absolute Gasteiger partial charge is 0.485 e. The number of rotatable bonds is 8. The van der Waals surface area contributed by atoms with Crippen LogP contribution in [-0.2, 0) is 17.9 Å². The number of aryl methyl sites for hydroxylation is 2. The van der Waals surface area contributed by atoms with Crippen molar-refractivity contribution in [3.8, 4) is 5.75 Å². The van der Waals surface area contributed by atoms with Gasteiger partial charge in [0, 0.05) is 12.2 Å². The van der Waals surface area contributed by atoms with Crippen LogP contribution in [0.3, 0.4) is 0 Å². The van der Waals surface area contributed by atoms with E-state index in [0.717, 1.165) is 39.2 Å². The Hall–Kier alpha value is -3.32. The van der Waals surface area contributed by atoms with Crippen molar-refractivity contribution in [2.75, 3.05) is 11.1 Å². The highest BCUT2D eigenvalue weighted by Crippen LogP contribution is 2.23. The molecule has 0 spiro atoms. The molecule has 7 heteroatoms. The molecule has 0 aliphatic rings. The van der Waals surface area contributed by atoms with E-state index in [1.54, 1.807) is 0 Å². The average Bonchev–Trinajstić information content (AvgIpc) is 3.20. The Bertz CT molecular complexity index is 1250. The number of anilines is 1. The van der Waals surface area contributed by atoms with E-state index >= 15 is 0 Å². The molecule has 4 aromatic rings. The lowest BCUT2D eigenvalue weighted by atomic mass is 10.1. The minimum Gasteiger partial charge on any atom is -0.485 e. The number of aromatic nitrogens is 3. The van der Waals surface area contributed by atoms with Crippen LogP contribution in [0.1, 0.15) is 23.9 Å². The zero-order valence-corrected chi connectivity index (χ0v) is 19.3. The quantitative estimate of drug-likeness (QED) is 0.368. The van der Waals surface area contributed by atoms with Gasteiger partial charge in [-0.1, -0.05) is 54.2 Å². The summed E-state index contributed by atoms with van der Waals surface area (Å²) in [5.41, 5.74) is 3.02. The van der Waals surface area contributed by atoms with Gasteiger partial charge in [-0.2, -0.15) is 0 Å². The third-order valence-electron chi connectivity index (χ3n) is 5.18. The molecule has 32 heavy (non-hydrogen) atoms. The highest BCUT2D eigenvalue weighted by molar-refractivity contribution is 7.99. The zero-order valence-electron chi connectivity index (χ0n) is 18.5. The summed E-state index contributed by atoms with van der Waals surface area (Å²) in [6.07, 6.45) is 0. The number of amides is 1. The van der Waals surface area contributed by atoms with Crippen molar-refractivity contribution in [3.63, 3.8) is 0 Å². The molecule has 4 rings (SSSR count). The number of ether oxygens (including phenoxy) is 1. The minimum absolute atomic E-state index is 0.0795. The lowest BCUT2D eigenvalue weighted by molar-refractivity contribution is -0.113. The first kappa shape index (κ1) is 21.9. The average molecular weight is 447 g/mol. The van der Waals surface area contributed by atoms with Crippen LogP contribution in [0.25, 0.3) is 10.8 Å². The molecular weight excluding hydrogens is 420 g/mol. The summed E-state index contributed by atoms with van der Waals surface area (Å²) in [5, 5.41) is 14.5. The fourth-order valence-corrected chi connectivity index (χ4v) is 4.27. The first-order valence-corrected chi connectivity index (χ1v) is 11.6. The van der Waals surface area contributed by atoms with Crippen molar-refractivity contribution in [1.29, 1.82) is 0 Å². The fraction of sp³-hybridized carbons (Fsp3) is 0.240. The van der Waals surface area contributed by atoms with E-state index in [4.69, 9.17) is 4.74 Å². The normalized spacial score (nSPS) is 11.0. The van der Waals surface area contributed by atoms with Crippen molar-refractivity contribution in [3.05, 3.63) is 77.6 Å². The molecule has 0 saturated heterocycles. The van der Waals surface area contributed by atoms with Gasteiger partial charge in [-0.25, -0.2) is 0 Å². The molecule has 0 unspecified atom stereocenters. The summed E-state index contributed by atoms with van der Waals surface area (Å²) in [6.45, 7) is 7.12. The number of hydrogen-bond donors (Lipinski definition) is 1. The summed E-state index contributed by atoms with van der Waals surface area (Å²) in [7, 11) is 0. The maximum atomic E-state index is 12.5. The highest BCUT2D eigenvalue weighted by Gasteiger charge is 2.14. The molecule has 1 amide bonds. The summed E-state index contributed by atoms with van der Waals surface area (Å²) >= 11 is 1.37. The van der Waals surface area contributed by atoms with Crippen LogP contribution in [0.5, 0.6) is 5.75 Å². The summed E-state index contributed by atoms with van der Waals surface area (Å²) in [5.74, 6) is 1.76. The molecule has 1 heterocycles. The summed E-state index contributed by atoms with van der Waals surface area (Å²) in [6, 6.07) is 20.1. The van der Waals surface area contributed by atoms with E-state index in [1.165, 1.54) is 11.8 Å². The van der Waals surface area contributed by atoms with E-state index in [-0.39, 0.29) is 11.7 Å². The van der Waals surface area contributed by atoms with Gasteiger partial charge in [0.2, 0.25) is 5.91 Å². The van der Waals surface area contributed by atoms with Crippen LogP contribution in [0, 0.1) is 13.8 Å². The highest BCUT2D eigenvalue weighted by atomic mass is 32.2. The van der Waals surface area contributed by atoms with Crippen molar-refractivity contribution in [1.82, 2.24) is 14.8 Å². The molecule has 0 saturated carbocycles. The van der Waals surface area contributed by atoms with Gasteiger partial charge in [-0.3, -0.25) is 4.79 Å². The molecule has 0 bridgehead atoms. The number of hydrogen-bond acceptors (Lipinski definition) is 5. The fourth-order valence-electron chi connectivity index (χ4n) is 3.45. The third-order valence-corrected chi connectivity index (χ3v) is 6.14. The summed E-state index contributed by atoms with van der Waals surface area (Å²) < 4.78 is 7.97. The molecule has 0 radical (unpaired) electrons. The van der Waals surface area contributed by atoms with Gasteiger partial charge < -0.3 is 14.6 Å². The van der Waals surface area contributed by atoms with Crippen LogP contribution in [-0.4, -0.2) is 26.4 Å². The number of nitrogens with zero attached hydrogens (tertiary/aromatic N) is 3. The van der Waals surface area contributed by atoms with Gasteiger partial charge in [0.25, 0.3) is 0 Å². The molecule has 164 valence electrons. The van der Waals surface area contributed by atoms with Crippen LogP contribution < -0.4 is 10.1 Å². The van der Waals surface area contributed by atoms with Gasteiger partial charge in [0.15, 0.2) is 11.0 Å². The van der Waals surface area contributed by atoms with Gasteiger partial charge in [-0.05, 0) is 60.9 Å². The van der Waals surface area contributed by atoms with Crippen LogP contribution in [0.2, 0.25) is 0 Å². The third kappa shape index (κ3) is 5.11. The van der Waals surface area contributed by atoms with Crippen molar-refractivity contribution >= 4 is 34.1 Å². The molecule has 6 nitrogen and oxygen atoms in total. The number of nitrogens with one attached hydrogen (secondary N) is 1. The Morgan fingerprint density at radius 1 is 1.03 bits per heavy atom. The van der Waals surface area contributed by atoms with E-state index in [0.29, 0.717) is 18.3 Å². The second-order valence-corrected chi connectivity index (χ2v) is 8.54. The standard InChI is InChI=1S/C25H26N4O2S/c1-4-29-23(15-31-22-13-17(2)9-10-18(22)3)27-28-25(29)32-16-24(30)26-21-12-11-19-7-5-6-8-20(19)14-21/h5-14H,4,15-16H2,1-3H3,(H,26,30). The van der Waals surface area contributed by atoms with E-state index < -0.39 is 0 Å². The van der Waals surface area contributed by atoms with Crippen molar-refractivity contribution in [2.45, 2.75) is 39.1 Å². The minimum atomic E-state index is -0.0795. The van der Waals surface area contributed by atoms with Crippen LogP contribution in [0.15, 0.2) is 65.8 Å². The molecule has 0 aliphatic carbocycles. The van der Waals surface area contributed by atoms with Crippen LogP contribution in [0.4, 0.5) is 5.69 Å². The summed E-state index contributed by atoms with van der Waals surface area (Å²) in [4.78, 5) is 12.5. The van der Waals surface area contributed by atoms with Crippen molar-refractivity contribution < 1.29 is 9.53 Å². The molecule has 0 atom stereocenters.